The minimum atomic E-state index is 0.00656. The topological polar surface area (TPSA) is 61.3 Å². The van der Waals surface area contributed by atoms with Gasteiger partial charge in [-0.25, -0.2) is 0 Å². The normalized spacial score (nSPS) is 12.2. The number of fused-ring (bicyclic) bond motifs is 1. The summed E-state index contributed by atoms with van der Waals surface area (Å²) in [4.78, 5) is 12.4. The van der Waals surface area contributed by atoms with Crippen LogP contribution in [-0.4, -0.2) is 28.5 Å². The lowest BCUT2D eigenvalue weighted by Crippen LogP contribution is -2.03. The van der Waals surface area contributed by atoms with Crippen LogP contribution in [0.25, 0.3) is 11.3 Å². The second kappa shape index (κ2) is 7.47. The Bertz CT molecular complexity index is 946. The predicted molar refractivity (Wildman–Crippen MR) is 103 cm³/mol. The van der Waals surface area contributed by atoms with Gasteiger partial charge in [0.15, 0.2) is 17.3 Å². The van der Waals surface area contributed by atoms with E-state index in [1.807, 2.05) is 36.4 Å². The van der Waals surface area contributed by atoms with E-state index in [2.05, 4.69) is 26.1 Å². The zero-order valence-electron chi connectivity index (χ0n) is 13.5. The molecule has 26 heavy (non-hydrogen) atoms. The van der Waals surface area contributed by atoms with Crippen molar-refractivity contribution in [2.45, 2.75) is 5.03 Å². The summed E-state index contributed by atoms with van der Waals surface area (Å²) in [5, 5.41) is 9.16. The van der Waals surface area contributed by atoms with Crippen LogP contribution in [-0.2, 0) is 0 Å². The van der Waals surface area contributed by atoms with Gasteiger partial charge in [-0.05, 0) is 42.5 Å². The van der Waals surface area contributed by atoms with E-state index < -0.39 is 0 Å². The first-order valence-corrected chi connectivity index (χ1v) is 9.62. The Morgan fingerprint density at radius 2 is 1.81 bits per heavy atom. The van der Waals surface area contributed by atoms with Crippen molar-refractivity contribution in [3.05, 3.63) is 64.6 Å². The highest BCUT2D eigenvalue weighted by Gasteiger charge is 2.16. The molecule has 4 rings (SSSR count). The number of carbonyl (C=O) groups excluding carboxylic acids is 1. The van der Waals surface area contributed by atoms with Crippen LogP contribution in [0.5, 0.6) is 11.5 Å². The third kappa shape index (κ3) is 3.73. The molecular formula is C19H13BrN2O3S. The Kier molecular flexibility index (Phi) is 4.90. The fourth-order valence-corrected chi connectivity index (χ4v) is 3.44. The van der Waals surface area contributed by atoms with Crippen molar-refractivity contribution in [2.75, 3.05) is 12.5 Å². The fourth-order valence-electron chi connectivity index (χ4n) is 2.46. The number of ketones is 1. The third-order valence-electron chi connectivity index (χ3n) is 3.83. The summed E-state index contributed by atoms with van der Waals surface area (Å²) in [6.45, 7) is 0.196. The maximum Gasteiger partial charge on any atom is 0.231 e. The van der Waals surface area contributed by atoms with Crippen molar-refractivity contribution in [3.8, 4) is 22.8 Å². The molecule has 130 valence electrons. The highest BCUT2D eigenvalue weighted by Crippen LogP contribution is 2.33. The largest absolute Gasteiger partial charge is 0.454 e. The Morgan fingerprint density at radius 3 is 2.58 bits per heavy atom. The van der Waals surface area contributed by atoms with Crippen LogP contribution in [0.2, 0.25) is 0 Å². The lowest BCUT2D eigenvalue weighted by atomic mass is 10.1. The van der Waals surface area contributed by atoms with Crippen molar-refractivity contribution in [2.24, 2.45) is 0 Å². The van der Waals surface area contributed by atoms with E-state index in [0.717, 1.165) is 15.7 Å². The maximum absolute atomic E-state index is 12.4. The molecule has 1 aliphatic rings. The number of hydrogen-bond donors (Lipinski definition) is 0. The predicted octanol–water partition coefficient (Wildman–Crippen LogP) is 4.61. The van der Waals surface area contributed by atoms with Gasteiger partial charge < -0.3 is 9.47 Å². The van der Waals surface area contributed by atoms with Crippen molar-refractivity contribution in [1.82, 2.24) is 10.2 Å². The third-order valence-corrected chi connectivity index (χ3v) is 5.27. The average molecular weight is 429 g/mol. The minimum absolute atomic E-state index is 0.00656. The number of nitrogens with zero attached hydrogens (tertiary/aromatic N) is 2. The van der Waals surface area contributed by atoms with Crippen molar-refractivity contribution in [3.63, 3.8) is 0 Å². The number of Topliss-reactive ketones (excluding diaryl/α,β-unsaturated/α-hetero) is 1. The van der Waals surface area contributed by atoms with Crippen LogP contribution < -0.4 is 9.47 Å². The van der Waals surface area contributed by atoms with Crippen LogP contribution in [0.4, 0.5) is 0 Å². The van der Waals surface area contributed by atoms with E-state index in [9.17, 15) is 4.79 Å². The SMILES string of the molecule is O=C(CSc1ccc(-c2ccc(Br)cc2)nn1)c1ccc2c(c1)OCO2. The van der Waals surface area contributed by atoms with Gasteiger partial charge in [0, 0.05) is 15.6 Å². The zero-order valence-corrected chi connectivity index (χ0v) is 15.9. The second-order valence-corrected chi connectivity index (χ2v) is 7.45. The molecule has 7 heteroatoms. The van der Waals surface area contributed by atoms with Crippen LogP contribution >= 0.6 is 27.7 Å². The Hall–Kier alpha value is -2.38. The molecule has 5 nitrogen and oxygen atoms in total. The summed E-state index contributed by atoms with van der Waals surface area (Å²) < 4.78 is 11.6. The number of aromatic nitrogens is 2. The molecule has 0 unspecified atom stereocenters. The number of carbonyl (C=O) groups is 1. The lowest BCUT2D eigenvalue weighted by Gasteiger charge is -2.04. The first-order valence-electron chi connectivity index (χ1n) is 7.84. The van der Waals surface area contributed by atoms with Gasteiger partial charge in [-0.2, -0.15) is 0 Å². The zero-order chi connectivity index (χ0) is 17.9. The highest BCUT2D eigenvalue weighted by atomic mass is 79.9. The molecule has 0 saturated carbocycles. The maximum atomic E-state index is 12.4. The number of ether oxygens (including phenoxy) is 2. The van der Waals surface area contributed by atoms with E-state index in [0.29, 0.717) is 22.1 Å². The van der Waals surface area contributed by atoms with Gasteiger partial charge in [0.1, 0.15) is 5.03 Å². The smallest absolute Gasteiger partial charge is 0.231 e. The molecule has 0 aliphatic carbocycles. The number of benzene rings is 2. The number of thioether (sulfide) groups is 1. The Labute approximate surface area is 162 Å². The van der Waals surface area contributed by atoms with E-state index >= 15 is 0 Å². The monoisotopic (exact) mass is 428 g/mol. The van der Waals surface area contributed by atoms with Gasteiger partial charge in [0.2, 0.25) is 6.79 Å². The van der Waals surface area contributed by atoms with Crippen LogP contribution in [0.15, 0.2) is 64.1 Å². The molecule has 1 aromatic heterocycles. The molecule has 0 radical (unpaired) electrons. The summed E-state index contributed by atoms with van der Waals surface area (Å²) >= 11 is 4.77. The molecule has 1 aliphatic heterocycles. The summed E-state index contributed by atoms with van der Waals surface area (Å²) in [6.07, 6.45) is 0. The van der Waals surface area contributed by atoms with Gasteiger partial charge in [0.25, 0.3) is 0 Å². The second-order valence-electron chi connectivity index (χ2n) is 5.54. The molecule has 0 spiro atoms. The fraction of sp³-hybridized carbons (Fsp3) is 0.105. The Balaban J connectivity index is 1.40. The number of halogens is 1. The van der Waals surface area contributed by atoms with Crippen molar-refractivity contribution in [1.29, 1.82) is 0 Å². The summed E-state index contributed by atoms with van der Waals surface area (Å²) in [5.41, 5.74) is 2.39. The van der Waals surface area contributed by atoms with E-state index in [1.54, 1.807) is 18.2 Å². The quantitative estimate of drug-likeness (QED) is 0.436. The molecular weight excluding hydrogens is 416 g/mol. The molecule has 0 saturated heterocycles. The summed E-state index contributed by atoms with van der Waals surface area (Å²) in [5.74, 6) is 1.57. The Morgan fingerprint density at radius 1 is 1.00 bits per heavy atom. The van der Waals surface area contributed by atoms with Crippen LogP contribution in [0.3, 0.4) is 0 Å². The molecule has 0 N–H and O–H groups in total. The molecule has 3 aromatic rings. The number of hydrogen-bond acceptors (Lipinski definition) is 6. The van der Waals surface area contributed by atoms with Crippen molar-refractivity contribution >= 4 is 33.5 Å². The first kappa shape index (κ1) is 17.1. The number of rotatable bonds is 5. The van der Waals surface area contributed by atoms with Crippen LogP contribution in [0.1, 0.15) is 10.4 Å². The lowest BCUT2D eigenvalue weighted by molar-refractivity contribution is 0.102. The van der Waals surface area contributed by atoms with E-state index in [-0.39, 0.29) is 18.3 Å². The van der Waals surface area contributed by atoms with Gasteiger partial charge in [-0.15, -0.1) is 10.2 Å². The van der Waals surface area contributed by atoms with Gasteiger partial charge >= 0.3 is 0 Å². The standard InChI is InChI=1S/C19H13BrN2O3S/c20-14-4-1-12(2-5-14)15-6-8-19(22-21-15)26-10-16(23)13-3-7-17-18(9-13)25-11-24-17/h1-9H,10-11H2. The van der Waals surface area contributed by atoms with Gasteiger partial charge in [-0.1, -0.05) is 39.8 Å². The molecule has 0 bridgehead atoms. The van der Waals surface area contributed by atoms with Crippen LogP contribution in [0, 0.1) is 0 Å². The average Bonchev–Trinajstić information content (AvgIpc) is 3.15. The van der Waals surface area contributed by atoms with Gasteiger partial charge in [0.05, 0.1) is 11.4 Å². The molecule has 0 amide bonds. The van der Waals surface area contributed by atoms with Crippen molar-refractivity contribution < 1.29 is 14.3 Å². The highest BCUT2D eigenvalue weighted by molar-refractivity contribution is 9.10. The summed E-state index contributed by atoms with van der Waals surface area (Å²) in [6, 6.07) is 16.9. The molecule has 2 aromatic carbocycles. The molecule has 0 fully saturated rings. The molecule has 2 heterocycles. The summed E-state index contributed by atoms with van der Waals surface area (Å²) in [7, 11) is 0. The first-order chi connectivity index (χ1) is 12.7. The molecule has 0 atom stereocenters. The van der Waals surface area contributed by atoms with E-state index in [1.165, 1.54) is 11.8 Å². The minimum Gasteiger partial charge on any atom is -0.454 e. The van der Waals surface area contributed by atoms with Gasteiger partial charge in [-0.3, -0.25) is 4.79 Å². The van der Waals surface area contributed by atoms with E-state index in [4.69, 9.17) is 9.47 Å².